The molecule has 4 rings (SSSR count). The Morgan fingerprint density at radius 3 is 2.64 bits per heavy atom. The van der Waals surface area contributed by atoms with Crippen LogP contribution >= 0.6 is 11.3 Å². The van der Waals surface area contributed by atoms with Gasteiger partial charge in [0.1, 0.15) is 5.00 Å². The van der Waals surface area contributed by atoms with Crippen molar-refractivity contribution in [2.24, 2.45) is 17.8 Å². The lowest BCUT2D eigenvalue weighted by molar-refractivity contribution is -0.117. The van der Waals surface area contributed by atoms with Crippen LogP contribution < -0.4 is 10.6 Å². The van der Waals surface area contributed by atoms with Crippen LogP contribution in [0.2, 0.25) is 0 Å². The summed E-state index contributed by atoms with van der Waals surface area (Å²) in [5.74, 6) is 1.03. The van der Waals surface area contributed by atoms with Crippen molar-refractivity contribution in [1.29, 1.82) is 5.26 Å². The van der Waals surface area contributed by atoms with E-state index in [1.165, 1.54) is 17.7 Å². The van der Waals surface area contributed by atoms with Crippen molar-refractivity contribution in [1.82, 2.24) is 5.32 Å². The topological polar surface area (TPSA) is 82.0 Å². The normalized spacial score (nSPS) is 22.0. The number of rotatable bonds is 6. The van der Waals surface area contributed by atoms with E-state index in [0.717, 1.165) is 44.2 Å². The molecule has 0 saturated heterocycles. The molecule has 132 valence electrons. The highest BCUT2D eigenvalue weighted by Gasteiger charge is 2.34. The third kappa shape index (κ3) is 3.72. The Labute approximate surface area is 151 Å². The van der Waals surface area contributed by atoms with E-state index < -0.39 is 0 Å². The minimum atomic E-state index is -0.0619. The summed E-state index contributed by atoms with van der Waals surface area (Å²) in [6, 6.07) is 2.26. The molecule has 3 aliphatic rings. The molecule has 1 heterocycles. The molecule has 0 bridgehead atoms. The second-order valence-corrected chi connectivity index (χ2v) is 8.70. The molecule has 2 amide bonds. The molecular weight excluding hydrogens is 334 g/mol. The molecular formula is C19H23N3O2S. The number of carbonyl (C=O) groups excluding carboxylic acids is 2. The summed E-state index contributed by atoms with van der Waals surface area (Å²) < 4.78 is 0. The van der Waals surface area contributed by atoms with E-state index in [9.17, 15) is 9.59 Å². The first-order valence-corrected chi connectivity index (χ1v) is 10.1. The zero-order valence-electron chi connectivity index (χ0n) is 14.3. The zero-order chi connectivity index (χ0) is 17.4. The summed E-state index contributed by atoms with van der Waals surface area (Å²) in [6.07, 6.45) is 7.46. The van der Waals surface area contributed by atoms with Crippen LogP contribution in [0.25, 0.3) is 0 Å². The van der Waals surface area contributed by atoms with E-state index in [1.54, 1.807) is 11.3 Å². The van der Waals surface area contributed by atoms with Crippen molar-refractivity contribution in [3.63, 3.8) is 0 Å². The Kier molecular flexibility index (Phi) is 4.51. The molecule has 6 heteroatoms. The highest BCUT2D eigenvalue weighted by Crippen LogP contribution is 2.41. The number of anilines is 1. The van der Waals surface area contributed by atoms with Crippen molar-refractivity contribution >= 4 is 28.2 Å². The molecule has 1 aromatic heterocycles. The van der Waals surface area contributed by atoms with Crippen LogP contribution in [0, 0.1) is 29.1 Å². The number of amides is 2. The van der Waals surface area contributed by atoms with Gasteiger partial charge in [0.15, 0.2) is 0 Å². The largest absolute Gasteiger partial charge is 0.352 e. The molecule has 0 aromatic carbocycles. The van der Waals surface area contributed by atoms with E-state index in [-0.39, 0.29) is 17.7 Å². The summed E-state index contributed by atoms with van der Waals surface area (Å²) >= 11 is 1.56. The van der Waals surface area contributed by atoms with E-state index in [1.807, 2.05) is 0 Å². The number of thiophene rings is 1. The molecule has 25 heavy (non-hydrogen) atoms. The van der Waals surface area contributed by atoms with Gasteiger partial charge in [-0.3, -0.25) is 9.59 Å². The van der Waals surface area contributed by atoms with Crippen LogP contribution in [-0.4, -0.2) is 18.4 Å². The van der Waals surface area contributed by atoms with E-state index >= 15 is 0 Å². The first kappa shape index (κ1) is 16.6. The third-order valence-corrected chi connectivity index (χ3v) is 6.61. The second-order valence-electron chi connectivity index (χ2n) is 7.60. The van der Waals surface area contributed by atoms with Gasteiger partial charge in [-0.2, -0.15) is 5.26 Å². The van der Waals surface area contributed by atoms with Crippen LogP contribution in [0.5, 0.6) is 0 Å². The minimum absolute atomic E-state index is 0.0448. The van der Waals surface area contributed by atoms with Crippen LogP contribution in [0.15, 0.2) is 0 Å². The van der Waals surface area contributed by atoms with Crippen LogP contribution in [0.3, 0.4) is 0 Å². The fourth-order valence-corrected chi connectivity index (χ4v) is 4.74. The Balaban J connectivity index is 1.59. The number of nitrogens with zero attached hydrogens (tertiary/aromatic N) is 1. The van der Waals surface area contributed by atoms with Gasteiger partial charge in [0.2, 0.25) is 5.91 Å². The minimum Gasteiger partial charge on any atom is -0.352 e. The molecule has 1 aromatic rings. The SMILES string of the molecule is N#CCC1CCc2sc(NC(=O)C3CC3)c(C(=O)NCC3CC3)c2C1. The first-order valence-electron chi connectivity index (χ1n) is 9.26. The van der Waals surface area contributed by atoms with Gasteiger partial charge in [-0.05, 0) is 62.3 Å². The first-order chi connectivity index (χ1) is 12.2. The van der Waals surface area contributed by atoms with Gasteiger partial charge in [0.05, 0.1) is 11.6 Å². The molecule has 0 aliphatic heterocycles. The molecule has 1 atom stereocenters. The fourth-order valence-electron chi connectivity index (χ4n) is 3.49. The average Bonchev–Trinajstić information content (AvgIpc) is 3.49. The van der Waals surface area contributed by atoms with Crippen molar-refractivity contribution in [3.8, 4) is 6.07 Å². The third-order valence-electron chi connectivity index (χ3n) is 5.40. The van der Waals surface area contributed by atoms with Gasteiger partial charge in [-0.15, -0.1) is 11.3 Å². The summed E-state index contributed by atoms with van der Waals surface area (Å²) in [4.78, 5) is 26.3. The summed E-state index contributed by atoms with van der Waals surface area (Å²) in [5.41, 5.74) is 1.73. The lowest BCUT2D eigenvalue weighted by atomic mass is 9.84. The Hall–Kier alpha value is -1.87. The highest BCUT2D eigenvalue weighted by molar-refractivity contribution is 7.17. The number of nitriles is 1. The maximum atomic E-state index is 12.8. The number of carbonyl (C=O) groups is 2. The van der Waals surface area contributed by atoms with Crippen LogP contribution in [0.1, 0.15) is 59.3 Å². The molecule has 2 N–H and O–H groups in total. The monoisotopic (exact) mass is 357 g/mol. The summed E-state index contributed by atoms with van der Waals surface area (Å²) in [7, 11) is 0. The Morgan fingerprint density at radius 2 is 1.96 bits per heavy atom. The van der Waals surface area contributed by atoms with Gasteiger partial charge in [-0.1, -0.05) is 0 Å². The predicted octanol–water partition coefficient (Wildman–Crippen LogP) is 3.25. The lowest BCUT2D eigenvalue weighted by Crippen LogP contribution is -2.28. The Morgan fingerprint density at radius 1 is 1.16 bits per heavy atom. The van der Waals surface area contributed by atoms with Crippen molar-refractivity contribution in [3.05, 3.63) is 16.0 Å². The van der Waals surface area contributed by atoms with Crippen molar-refractivity contribution in [2.75, 3.05) is 11.9 Å². The fraction of sp³-hybridized carbons (Fsp3) is 0.632. The number of nitrogens with one attached hydrogen (secondary N) is 2. The van der Waals surface area contributed by atoms with Gasteiger partial charge in [0.25, 0.3) is 5.91 Å². The molecule has 3 aliphatic carbocycles. The number of fused-ring (bicyclic) bond motifs is 1. The van der Waals surface area contributed by atoms with E-state index in [4.69, 9.17) is 5.26 Å². The number of aryl methyl sites for hydroxylation is 1. The van der Waals surface area contributed by atoms with Gasteiger partial charge in [-0.25, -0.2) is 0 Å². The molecule has 1 unspecified atom stereocenters. The van der Waals surface area contributed by atoms with E-state index in [2.05, 4.69) is 16.7 Å². The standard InChI is InChI=1S/C19H23N3O2S/c20-8-7-11-3-6-15-14(9-11)16(18(24)21-10-12-1-2-12)19(25-15)22-17(23)13-4-5-13/h11-13H,1-7,9-10H2,(H,21,24)(H,22,23). The molecule has 2 fully saturated rings. The maximum absolute atomic E-state index is 12.8. The quantitative estimate of drug-likeness (QED) is 0.820. The number of hydrogen-bond donors (Lipinski definition) is 2. The van der Waals surface area contributed by atoms with Crippen LogP contribution in [0.4, 0.5) is 5.00 Å². The maximum Gasteiger partial charge on any atom is 0.254 e. The van der Waals surface area contributed by atoms with Crippen LogP contribution in [-0.2, 0) is 17.6 Å². The summed E-state index contributed by atoms with van der Waals surface area (Å²) in [6.45, 7) is 0.723. The number of hydrogen-bond acceptors (Lipinski definition) is 4. The van der Waals surface area contributed by atoms with Gasteiger partial charge in [0, 0.05) is 23.8 Å². The second kappa shape index (κ2) is 6.80. The average molecular weight is 357 g/mol. The molecule has 2 saturated carbocycles. The van der Waals surface area contributed by atoms with Gasteiger partial charge >= 0.3 is 0 Å². The van der Waals surface area contributed by atoms with Gasteiger partial charge < -0.3 is 10.6 Å². The molecule has 0 radical (unpaired) electrons. The highest BCUT2D eigenvalue weighted by atomic mass is 32.1. The summed E-state index contributed by atoms with van der Waals surface area (Å²) in [5, 5.41) is 15.8. The lowest BCUT2D eigenvalue weighted by Gasteiger charge is -2.20. The zero-order valence-corrected chi connectivity index (χ0v) is 15.1. The van der Waals surface area contributed by atoms with Crippen molar-refractivity contribution < 1.29 is 9.59 Å². The molecule has 5 nitrogen and oxygen atoms in total. The van der Waals surface area contributed by atoms with Crippen molar-refractivity contribution in [2.45, 2.75) is 51.4 Å². The smallest absolute Gasteiger partial charge is 0.254 e. The predicted molar refractivity (Wildman–Crippen MR) is 96.5 cm³/mol. The Bertz CT molecular complexity index is 741. The molecule has 0 spiro atoms. The van der Waals surface area contributed by atoms with E-state index in [0.29, 0.717) is 28.8 Å².